The average Bonchev–Trinajstić information content (AvgIpc) is 2.99. The molecule has 18 heavy (non-hydrogen) atoms. The molecule has 2 aromatic heterocycles. The van der Waals surface area contributed by atoms with Crippen molar-refractivity contribution in [3.63, 3.8) is 0 Å². The molecule has 1 fully saturated rings. The lowest BCUT2D eigenvalue weighted by Gasteiger charge is -2.31. The summed E-state index contributed by atoms with van der Waals surface area (Å²) in [5, 5.41) is 4.71. The minimum atomic E-state index is -2.51. The molecule has 1 aliphatic rings. The van der Waals surface area contributed by atoms with Gasteiger partial charge in [-0.1, -0.05) is 0 Å². The molecule has 1 aliphatic heterocycles. The highest BCUT2D eigenvalue weighted by Crippen LogP contribution is 2.33. The summed E-state index contributed by atoms with van der Waals surface area (Å²) in [7, 11) is 0. The number of rotatable bonds is 2. The van der Waals surface area contributed by atoms with Crippen molar-refractivity contribution in [2.45, 2.75) is 18.8 Å². The van der Waals surface area contributed by atoms with E-state index in [1.165, 1.54) is 22.9 Å². The minimum Gasteiger partial charge on any atom is -0.348 e. The highest BCUT2D eigenvalue weighted by molar-refractivity contribution is 7.14. The van der Waals surface area contributed by atoms with Crippen molar-refractivity contribution >= 4 is 28.0 Å². The first-order valence-corrected chi connectivity index (χ1v) is 7.34. The van der Waals surface area contributed by atoms with E-state index in [2.05, 4.69) is 9.36 Å². The zero-order chi connectivity index (χ0) is 12.6. The number of hydrogen-bond donors (Lipinski definition) is 0. The SMILES string of the molecule is FC1(F)CCN(c2nc(-c3cnsc3)cs2)CC1. The van der Waals surface area contributed by atoms with Crippen LogP contribution in [0.2, 0.25) is 0 Å². The summed E-state index contributed by atoms with van der Waals surface area (Å²) in [6, 6.07) is 0. The number of hydrogen-bond acceptors (Lipinski definition) is 5. The summed E-state index contributed by atoms with van der Waals surface area (Å²) in [6.07, 6.45) is 1.61. The van der Waals surface area contributed by atoms with E-state index in [1.807, 2.05) is 15.7 Å². The molecule has 0 aliphatic carbocycles. The molecular formula is C11H11F2N3S2. The molecule has 3 nitrogen and oxygen atoms in total. The van der Waals surface area contributed by atoms with E-state index in [0.29, 0.717) is 13.1 Å². The Labute approximate surface area is 111 Å². The lowest BCUT2D eigenvalue weighted by molar-refractivity contribution is -0.0220. The molecule has 3 heterocycles. The zero-order valence-electron chi connectivity index (χ0n) is 9.47. The van der Waals surface area contributed by atoms with E-state index < -0.39 is 5.92 Å². The van der Waals surface area contributed by atoms with Crippen molar-refractivity contribution < 1.29 is 8.78 Å². The van der Waals surface area contributed by atoms with Crippen LogP contribution in [-0.4, -0.2) is 28.4 Å². The molecule has 0 aromatic carbocycles. The monoisotopic (exact) mass is 287 g/mol. The van der Waals surface area contributed by atoms with Gasteiger partial charge in [-0.2, -0.15) is 0 Å². The Balaban J connectivity index is 1.75. The molecule has 7 heteroatoms. The molecular weight excluding hydrogens is 276 g/mol. The number of nitrogens with zero attached hydrogens (tertiary/aromatic N) is 3. The summed E-state index contributed by atoms with van der Waals surface area (Å²) in [5.74, 6) is -2.51. The molecule has 0 N–H and O–H groups in total. The van der Waals surface area contributed by atoms with Gasteiger partial charge in [0.05, 0.1) is 11.9 Å². The highest BCUT2D eigenvalue weighted by Gasteiger charge is 2.34. The van der Waals surface area contributed by atoms with Crippen LogP contribution in [0.5, 0.6) is 0 Å². The normalized spacial score (nSPS) is 19.1. The Morgan fingerprint density at radius 3 is 2.67 bits per heavy atom. The fourth-order valence-corrected chi connectivity index (χ4v) is 3.32. The van der Waals surface area contributed by atoms with Gasteiger partial charge in [0.2, 0.25) is 0 Å². The van der Waals surface area contributed by atoms with Gasteiger partial charge in [-0.15, -0.1) is 11.3 Å². The Morgan fingerprint density at radius 1 is 1.22 bits per heavy atom. The van der Waals surface area contributed by atoms with Gasteiger partial charge < -0.3 is 4.90 Å². The van der Waals surface area contributed by atoms with E-state index >= 15 is 0 Å². The quantitative estimate of drug-likeness (QED) is 0.846. The molecule has 3 rings (SSSR count). The molecule has 1 saturated heterocycles. The van der Waals surface area contributed by atoms with Crippen LogP contribution in [0.25, 0.3) is 11.3 Å². The first-order chi connectivity index (χ1) is 8.64. The molecule has 0 bridgehead atoms. The van der Waals surface area contributed by atoms with Crippen LogP contribution in [0.4, 0.5) is 13.9 Å². The summed E-state index contributed by atoms with van der Waals surface area (Å²) < 4.78 is 30.2. The molecule has 2 aromatic rings. The second-order valence-corrected chi connectivity index (χ2v) is 5.77. The Morgan fingerprint density at radius 2 is 2.00 bits per heavy atom. The van der Waals surface area contributed by atoms with E-state index in [9.17, 15) is 8.78 Å². The third-order valence-electron chi connectivity index (χ3n) is 2.99. The number of alkyl halides is 2. The standard InChI is InChI=1S/C11H11F2N3S2/c12-11(13)1-3-16(4-2-11)10-15-9(7-17-10)8-5-14-18-6-8/h5-7H,1-4H2. The average molecular weight is 287 g/mol. The third kappa shape index (κ3) is 2.37. The third-order valence-corrected chi connectivity index (χ3v) is 4.47. The summed E-state index contributed by atoms with van der Waals surface area (Å²) in [4.78, 5) is 6.43. The topological polar surface area (TPSA) is 29.0 Å². The van der Waals surface area contributed by atoms with Crippen LogP contribution in [0.3, 0.4) is 0 Å². The number of thiazole rings is 1. The van der Waals surface area contributed by atoms with Gasteiger partial charge in [0.25, 0.3) is 5.92 Å². The molecule has 0 atom stereocenters. The van der Waals surface area contributed by atoms with Gasteiger partial charge in [0, 0.05) is 42.3 Å². The van der Waals surface area contributed by atoms with Gasteiger partial charge in [0.1, 0.15) is 0 Å². The van der Waals surface area contributed by atoms with Crippen molar-refractivity contribution in [1.82, 2.24) is 9.36 Å². The fourth-order valence-electron chi connectivity index (χ4n) is 1.90. The number of aromatic nitrogens is 2. The maximum Gasteiger partial charge on any atom is 0.251 e. The largest absolute Gasteiger partial charge is 0.348 e. The highest BCUT2D eigenvalue weighted by atomic mass is 32.1. The summed E-state index contributed by atoms with van der Waals surface area (Å²) in [5.41, 5.74) is 1.87. The molecule has 96 valence electrons. The molecule has 0 amide bonds. The predicted octanol–water partition coefficient (Wildman–Crippen LogP) is 3.50. The van der Waals surface area contributed by atoms with E-state index in [-0.39, 0.29) is 12.8 Å². The summed E-state index contributed by atoms with van der Waals surface area (Å²) in [6.45, 7) is 0.754. The van der Waals surface area contributed by atoms with Crippen LogP contribution in [-0.2, 0) is 0 Å². The molecule has 0 saturated carbocycles. The molecule has 0 spiro atoms. The van der Waals surface area contributed by atoms with Crippen molar-refractivity contribution in [1.29, 1.82) is 0 Å². The first kappa shape index (κ1) is 12.0. The van der Waals surface area contributed by atoms with Crippen LogP contribution >= 0.6 is 22.9 Å². The van der Waals surface area contributed by atoms with Crippen LogP contribution in [0, 0.1) is 0 Å². The first-order valence-electron chi connectivity index (χ1n) is 5.62. The number of anilines is 1. The lowest BCUT2D eigenvalue weighted by atomic mass is 10.1. The van der Waals surface area contributed by atoms with E-state index in [0.717, 1.165) is 16.4 Å². The minimum absolute atomic E-state index is 0.0814. The Bertz CT molecular complexity index is 514. The smallest absolute Gasteiger partial charge is 0.251 e. The van der Waals surface area contributed by atoms with Gasteiger partial charge in [0.15, 0.2) is 5.13 Å². The maximum atomic E-state index is 13.1. The number of piperidine rings is 1. The second-order valence-electron chi connectivity index (χ2n) is 4.27. The lowest BCUT2D eigenvalue weighted by Crippen LogP contribution is -2.39. The van der Waals surface area contributed by atoms with Crippen molar-refractivity contribution in [3.8, 4) is 11.3 Å². The van der Waals surface area contributed by atoms with Crippen LogP contribution < -0.4 is 4.90 Å². The second kappa shape index (κ2) is 4.55. The molecule has 0 unspecified atom stereocenters. The van der Waals surface area contributed by atoms with Crippen molar-refractivity contribution in [2.24, 2.45) is 0 Å². The Hall–Kier alpha value is -1.08. The van der Waals surface area contributed by atoms with Gasteiger partial charge in [-0.3, -0.25) is 0 Å². The fraction of sp³-hybridized carbons (Fsp3) is 0.455. The van der Waals surface area contributed by atoms with E-state index in [1.54, 1.807) is 6.20 Å². The zero-order valence-corrected chi connectivity index (χ0v) is 11.1. The van der Waals surface area contributed by atoms with Gasteiger partial charge in [-0.25, -0.2) is 18.1 Å². The molecule has 0 radical (unpaired) electrons. The number of halogens is 2. The summed E-state index contributed by atoms with van der Waals surface area (Å²) >= 11 is 2.88. The van der Waals surface area contributed by atoms with Gasteiger partial charge in [-0.05, 0) is 11.5 Å². The Kier molecular flexibility index (Phi) is 3.03. The van der Waals surface area contributed by atoms with Crippen LogP contribution in [0.15, 0.2) is 17.0 Å². The van der Waals surface area contributed by atoms with E-state index in [4.69, 9.17) is 0 Å². The van der Waals surface area contributed by atoms with Gasteiger partial charge >= 0.3 is 0 Å². The predicted molar refractivity (Wildman–Crippen MR) is 69.6 cm³/mol. The van der Waals surface area contributed by atoms with Crippen molar-refractivity contribution in [2.75, 3.05) is 18.0 Å². The van der Waals surface area contributed by atoms with Crippen molar-refractivity contribution in [3.05, 3.63) is 17.0 Å². The van der Waals surface area contributed by atoms with Crippen LogP contribution in [0.1, 0.15) is 12.8 Å². The maximum absolute atomic E-state index is 13.1.